The van der Waals surface area contributed by atoms with E-state index in [1.54, 1.807) is 66.9 Å². The molecule has 4 rings (SSSR count). The van der Waals surface area contributed by atoms with Gasteiger partial charge in [0.2, 0.25) is 5.91 Å². The first kappa shape index (κ1) is 23.3. The number of nitrogens with two attached hydrogens (primary N) is 1. The fourth-order valence-corrected chi connectivity index (χ4v) is 3.56. The quantitative estimate of drug-likeness (QED) is 0.192. The fraction of sp³-hybridized carbons (Fsp3) is 0.0345. The maximum absolute atomic E-state index is 13.1. The molecule has 172 valence electrons. The number of nitrogen functional groups attached to an aromatic ring is 1. The van der Waals surface area contributed by atoms with Crippen LogP contribution in [0.15, 0.2) is 103 Å². The molecule has 0 bridgehead atoms. The zero-order chi connectivity index (χ0) is 24.6. The summed E-state index contributed by atoms with van der Waals surface area (Å²) in [4.78, 5) is 29.6. The Morgan fingerprint density at radius 1 is 0.886 bits per heavy atom. The van der Waals surface area contributed by atoms with Gasteiger partial charge in [0.25, 0.3) is 0 Å². The van der Waals surface area contributed by atoms with E-state index >= 15 is 0 Å². The highest BCUT2D eigenvalue weighted by molar-refractivity contribution is 6.14. The van der Waals surface area contributed by atoms with E-state index in [4.69, 9.17) is 11.1 Å². The molecule has 0 saturated heterocycles. The number of carbonyl (C=O) groups excluding carboxylic acids is 2. The van der Waals surface area contributed by atoms with E-state index in [1.807, 2.05) is 42.5 Å². The Morgan fingerprint density at radius 2 is 1.66 bits per heavy atom. The van der Waals surface area contributed by atoms with Crippen molar-refractivity contribution < 1.29 is 9.59 Å². The van der Waals surface area contributed by atoms with Gasteiger partial charge in [0, 0.05) is 40.0 Å². The Hall–Kier alpha value is -4.84. The van der Waals surface area contributed by atoms with Crippen LogP contribution in [-0.4, -0.2) is 22.4 Å². The number of carbonyl (C=O) groups is 2. The van der Waals surface area contributed by atoms with Gasteiger partial charge in [-0.05, 0) is 42.0 Å². The monoisotopic (exact) mass is 460 g/mol. The minimum absolute atomic E-state index is 0.141. The normalized spacial score (nSPS) is 10.7. The summed E-state index contributed by atoms with van der Waals surface area (Å²) in [6, 6.07) is 26.8. The average Bonchev–Trinajstić information content (AvgIpc) is 2.88. The van der Waals surface area contributed by atoms with E-state index in [-0.39, 0.29) is 23.8 Å². The number of rotatable bonds is 8. The number of ketones is 1. The van der Waals surface area contributed by atoms with Crippen LogP contribution in [0, 0.1) is 5.41 Å². The van der Waals surface area contributed by atoms with Crippen molar-refractivity contribution >= 4 is 34.9 Å². The summed E-state index contributed by atoms with van der Waals surface area (Å²) in [6.45, 7) is 0. The second-order valence-corrected chi connectivity index (χ2v) is 7.92. The zero-order valence-electron chi connectivity index (χ0n) is 18.9. The number of anilines is 2. The van der Waals surface area contributed by atoms with Gasteiger partial charge < -0.3 is 16.5 Å². The van der Waals surface area contributed by atoms with Crippen molar-refractivity contribution in [3.05, 3.63) is 131 Å². The highest BCUT2D eigenvalue weighted by atomic mass is 16.1. The van der Waals surface area contributed by atoms with Crippen LogP contribution in [0.5, 0.6) is 0 Å². The SMILES string of the molecule is N=C(/C=C/c1ccccc1)c1ccc(C(=O)c2cccc(NC(=O)Cc3ccccn3)c2)cc1N. The molecule has 1 heterocycles. The summed E-state index contributed by atoms with van der Waals surface area (Å²) in [5, 5.41) is 11.1. The van der Waals surface area contributed by atoms with Gasteiger partial charge in [0.05, 0.1) is 12.1 Å². The van der Waals surface area contributed by atoms with Crippen LogP contribution in [-0.2, 0) is 11.2 Å². The predicted octanol–water partition coefficient (Wildman–Crippen LogP) is 5.16. The minimum Gasteiger partial charge on any atom is -0.398 e. The molecule has 1 amide bonds. The van der Waals surface area contributed by atoms with Crippen LogP contribution in [0.4, 0.5) is 11.4 Å². The topological polar surface area (TPSA) is 109 Å². The molecule has 0 aliphatic heterocycles. The second kappa shape index (κ2) is 10.9. The lowest BCUT2D eigenvalue weighted by atomic mass is 9.98. The number of aromatic nitrogens is 1. The van der Waals surface area contributed by atoms with Crippen molar-refractivity contribution in [1.82, 2.24) is 4.98 Å². The molecule has 6 heteroatoms. The predicted molar refractivity (Wildman–Crippen MR) is 140 cm³/mol. The van der Waals surface area contributed by atoms with Gasteiger partial charge in [-0.1, -0.05) is 66.7 Å². The number of benzene rings is 3. The van der Waals surface area contributed by atoms with Gasteiger partial charge in [-0.15, -0.1) is 0 Å². The lowest BCUT2D eigenvalue weighted by Gasteiger charge is -2.09. The Labute approximate surface area is 203 Å². The van der Waals surface area contributed by atoms with Crippen LogP contribution >= 0.6 is 0 Å². The molecule has 0 saturated carbocycles. The molecule has 1 aromatic heterocycles. The average molecular weight is 461 g/mol. The number of nitrogens with zero attached hydrogens (tertiary/aromatic N) is 1. The Balaban J connectivity index is 1.45. The van der Waals surface area contributed by atoms with Crippen LogP contribution in [0.2, 0.25) is 0 Å². The first-order valence-corrected chi connectivity index (χ1v) is 11.1. The third-order valence-electron chi connectivity index (χ3n) is 5.32. The number of pyridine rings is 1. The summed E-state index contributed by atoms with van der Waals surface area (Å²) >= 11 is 0. The first-order valence-electron chi connectivity index (χ1n) is 11.1. The van der Waals surface area contributed by atoms with Gasteiger partial charge in [0.1, 0.15) is 0 Å². The maximum Gasteiger partial charge on any atom is 0.230 e. The van der Waals surface area contributed by atoms with Crippen molar-refractivity contribution in [2.24, 2.45) is 0 Å². The molecule has 35 heavy (non-hydrogen) atoms. The van der Waals surface area contributed by atoms with Gasteiger partial charge in [-0.25, -0.2) is 0 Å². The molecule has 0 spiro atoms. The first-order chi connectivity index (χ1) is 17.0. The van der Waals surface area contributed by atoms with Gasteiger partial charge in [-0.3, -0.25) is 14.6 Å². The molecule has 0 radical (unpaired) electrons. The molecular weight excluding hydrogens is 436 g/mol. The van der Waals surface area contributed by atoms with Gasteiger partial charge in [0.15, 0.2) is 5.78 Å². The minimum atomic E-state index is -0.226. The summed E-state index contributed by atoms with van der Waals surface area (Å²) in [5.74, 6) is -0.445. The van der Waals surface area contributed by atoms with E-state index in [1.165, 1.54) is 0 Å². The van der Waals surface area contributed by atoms with E-state index in [0.717, 1.165) is 5.56 Å². The number of hydrogen-bond donors (Lipinski definition) is 3. The number of hydrogen-bond acceptors (Lipinski definition) is 5. The number of amides is 1. The molecule has 4 N–H and O–H groups in total. The second-order valence-electron chi connectivity index (χ2n) is 7.92. The highest BCUT2D eigenvalue weighted by Gasteiger charge is 2.13. The molecule has 0 aliphatic carbocycles. The maximum atomic E-state index is 13.1. The zero-order valence-corrected chi connectivity index (χ0v) is 18.9. The lowest BCUT2D eigenvalue weighted by Crippen LogP contribution is -2.15. The molecule has 0 aliphatic rings. The smallest absolute Gasteiger partial charge is 0.230 e. The van der Waals surface area contributed by atoms with E-state index < -0.39 is 0 Å². The molecule has 4 aromatic rings. The van der Waals surface area contributed by atoms with Crippen LogP contribution in [0.25, 0.3) is 6.08 Å². The Bertz CT molecular complexity index is 1400. The summed E-state index contributed by atoms with van der Waals surface area (Å²) in [6.07, 6.45) is 5.30. The largest absolute Gasteiger partial charge is 0.398 e. The van der Waals surface area contributed by atoms with E-state index in [9.17, 15) is 9.59 Å². The van der Waals surface area contributed by atoms with Gasteiger partial charge in [-0.2, -0.15) is 0 Å². The molecule has 0 unspecified atom stereocenters. The van der Waals surface area contributed by atoms with Gasteiger partial charge >= 0.3 is 0 Å². The third kappa shape index (κ3) is 6.15. The Kier molecular flexibility index (Phi) is 7.23. The van der Waals surface area contributed by atoms with Crippen LogP contribution < -0.4 is 11.1 Å². The van der Waals surface area contributed by atoms with Crippen molar-refractivity contribution in [2.45, 2.75) is 6.42 Å². The molecule has 0 fully saturated rings. The standard InChI is InChI=1S/C29H24N4O2/c30-26(15-12-20-7-2-1-3-8-20)25-14-13-22(18-27(25)31)29(35)21-9-6-11-24(17-21)33-28(34)19-23-10-4-5-16-32-23/h1-18,30H,19,31H2,(H,33,34)/b15-12+,30-26?. The Morgan fingerprint density at radius 3 is 2.40 bits per heavy atom. The molecule has 0 atom stereocenters. The van der Waals surface area contributed by atoms with Crippen molar-refractivity contribution in [1.29, 1.82) is 5.41 Å². The summed E-state index contributed by atoms with van der Waals surface area (Å²) in [5.41, 5.74) is 10.3. The third-order valence-corrected chi connectivity index (χ3v) is 5.32. The van der Waals surface area contributed by atoms with E-state index in [0.29, 0.717) is 33.8 Å². The lowest BCUT2D eigenvalue weighted by molar-refractivity contribution is -0.115. The summed E-state index contributed by atoms with van der Waals surface area (Å²) in [7, 11) is 0. The highest BCUT2D eigenvalue weighted by Crippen LogP contribution is 2.20. The molecular formula is C29H24N4O2. The van der Waals surface area contributed by atoms with Crippen LogP contribution in [0.1, 0.15) is 32.7 Å². The number of allylic oxidation sites excluding steroid dienone is 1. The van der Waals surface area contributed by atoms with Crippen molar-refractivity contribution in [2.75, 3.05) is 11.1 Å². The summed E-state index contributed by atoms with van der Waals surface area (Å²) < 4.78 is 0. The van der Waals surface area contributed by atoms with Crippen molar-refractivity contribution in [3.63, 3.8) is 0 Å². The van der Waals surface area contributed by atoms with E-state index in [2.05, 4.69) is 10.3 Å². The number of nitrogens with one attached hydrogen (secondary N) is 2. The van der Waals surface area contributed by atoms with Crippen LogP contribution in [0.3, 0.4) is 0 Å². The molecule has 6 nitrogen and oxygen atoms in total. The molecule has 3 aromatic carbocycles. The fourth-order valence-electron chi connectivity index (χ4n) is 3.56. The van der Waals surface area contributed by atoms with Crippen molar-refractivity contribution in [3.8, 4) is 0 Å².